The fourth-order valence-corrected chi connectivity index (χ4v) is 2.84. The molecule has 128 valence electrons. The normalized spacial score (nSPS) is 12.0. The Labute approximate surface area is 149 Å². The van der Waals surface area contributed by atoms with Gasteiger partial charge in [0.05, 0.1) is 28.7 Å². The number of hydrogen-bond donors (Lipinski definition) is 1. The van der Waals surface area contributed by atoms with E-state index in [9.17, 15) is 9.18 Å². The first-order valence-corrected chi connectivity index (χ1v) is 8.08. The number of rotatable bonds is 4. The summed E-state index contributed by atoms with van der Waals surface area (Å²) < 4.78 is 14.5. The SMILES string of the molecule is Cc1nn(-c2ccc(F)cc2)c(Cl)c1C(=O)NC(C)c1ccccn1. The monoisotopic (exact) mass is 358 g/mol. The van der Waals surface area contributed by atoms with Gasteiger partial charge in [-0.2, -0.15) is 5.10 Å². The first kappa shape index (κ1) is 17.1. The maximum Gasteiger partial charge on any atom is 0.256 e. The Morgan fingerprint density at radius 1 is 1.24 bits per heavy atom. The van der Waals surface area contributed by atoms with Crippen molar-refractivity contribution >= 4 is 17.5 Å². The van der Waals surface area contributed by atoms with Gasteiger partial charge in [0.1, 0.15) is 11.0 Å². The first-order valence-electron chi connectivity index (χ1n) is 7.70. The van der Waals surface area contributed by atoms with E-state index in [0.717, 1.165) is 5.69 Å². The van der Waals surface area contributed by atoms with Gasteiger partial charge in [-0.1, -0.05) is 17.7 Å². The number of amides is 1. The average molecular weight is 359 g/mol. The summed E-state index contributed by atoms with van der Waals surface area (Å²) in [6, 6.07) is 10.9. The lowest BCUT2D eigenvalue weighted by Gasteiger charge is -2.13. The molecular weight excluding hydrogens is 343 g/mol. The van der Waals surface area contributed by atoms with Gasteiger partial charge in [0.15, 0.2) is 0 Å². The Morgan fingerprint density at radius 3 is 2.60 bits per heavy atom. The summed E-state index contributed by atoms with van der Waals surface area (Å²) in [5.74, 6) is -0.695. The lowest BCUT2D eigenvalue weighted by atomic mass is 10.2. The Hall–Kier alpha value is -2.73. The zero-order valence-corrected chi connectivity index (χ0v) is 14.5. The standard InChI is InChI=1S/C18H16ClFN4O/c1-11(15-5-3-4-10-21-15)22-18(25)16-12(2)23-24(17(16)19)14-8-6-13(20)7-9-14/h3-11H,1-2H3,(H,22,25). The van der Waals surface area contributed by atoms with Crippen molar-refractivity contribution in [1.82, 2.24) is 20.1 Å². The molecule has 1 aromatic carbocycles. The van der Waals surface area contributed by atoms with E-state index in [-0.39, 0.29) is 28.5 Å². The van der Waals surface area contributed by atoms with E-state index in [0.29, 0.717) is 11.4 Å². The van der Waals surface area contributed by atoms with Crippen LogP contribution in [0.15, 0.2) is 48.7 Å². The third kappa shape index (κ3) is 3.53. The summed E-state index contributed by atoms with van der Waals surface area (Å²) in [6.07, 6.45) is 1.67. The number of carbonyl (C=O) groups excluding carboxylic acids is 1. The van der Waals surface area contributed by atoms with E-state index in [2.05, 4.69) is 15.4 Å². The highest BCUT2D eigenvalue weighted by molar-refractivity contribution is 6.33. The molecular formula is C18H16ClFN4O. The van der Waals surface area contributed by atoms with Crippen LogP contribution in [0.3, 0.4) is 0 Å². The topological polar surface area (TPSA) is 59.8 Å². The number of halogens is 2. The highest BCUT2D eigenvalue weighted by Gasteiger charge is 2.22. The summed E-state index contributed by atoms with van der Waals surface area (Å²) in [5, 5.41) is 7.34. The predicted molar refractivity (Wildman–Crippen MR) is 93.4 cm³/mol. The van der Waals surface area contributed by atoms with Gasteiger partial charge in [0.25, 0.3) is 5.91 Å². The van der Waals surface area contributed by atoms with Crippen molar-refractivity contribution in [2.24, 2.45) is 0 Å². The van der Waals surface area contributed by atoms with Gasteiger partial charge in [0.2, 0.25) is 0 Å². The van der Waals surface area contributed by atoms with Gasteiger partial charge in [-0.3, -0.25) is 9.78 Å². The van der Waals surface area contributed by atoms with Crippen LogP contribution in [0, 0.1) is 12.7 Å². The smallest absolute Gasteiger partial charge is 0.256 e. The van der Waals surface area contributed by atoms with E-state index < -0.39 is 0 Å². The van der Waals surface area contributed by atoms with Crippen molar-refractivity contribution in [3.63, 3.8) is 0 Å². The molecule has 0 bridgehead atoms. The average Bonchev–Trinajstić information content (AvgIpc) is 2.91. The molecule has 0 aliphatic carbocycles. The van der Waals surface area contributed by atoms with Crippen LogP contribution in [0.2, 0.25) is 5.15 Å². The Bertz CT molecular complexity index is 893. The van der Waals surface area contributed by atoms with E-state index in [1.165, 1.54) is 16.8 Å². The number of aromatic nitrogens is 3. The third-order valence-corrected chi connectivity index (χ3v) is 4.13. The summed E-state index contributed by atoms with van der Waals surface area (Å²) >= 11 is 6.36. The number of aryl methyl sites for hydroxylation is 1. The Balaban J connectivity index is 1.87. The lowest BCUT2D eigenvalue weighted by Crippen LogP contribution is -2.27. The second-order valence-corrected chi connectivity index (χ2v) is 5.95. The quantitative estimate of drug-likeness (QED) is 0.770. The zero-order chi connectivity index (χ0) is 18.0. The van der Waals surface area contributed by atoms with Crippen molar-refractivity contribution in [2.75, 3.05) is 0 Å². The molecule has 1 unspecified atom stereocenters. The molecule has 3 aromatic rings. The number of nitrogens with zero attached hydrogens (tertiary/aromatic N) is 3. The third-order valence-electron chi connectivity index (χ3n) is 3.78. The van der Waals surface area contributed by atoms with Crippen molar-refractivity contribution in [2.45, 2.75) is 19.9 Å². The molecule has 0 saturated carbocycles. The minimum atomic E-state index is -0.356. The number of pyridine rings is 1. The van der Waals surface area contributed by atoms with Gasteiger partial charge in [-0.05, 0) is 50.2 Å². The van der Waals surface area contributed by atoms with Crippen LogP contribution in [0.1, 0.15) is 34.7 Å². The van der Waals surface area contributed by atoms with Crippen LogP contribution in [0.5, 0.6) is 0 Å². The summed E-state index contributed by atoms with van der Waals surface area (Å²) in [6.45, 7) is 3.54. The van der Waals surface area contributed by atoms with Crippen molar-refractivity contribution in [3.8, 4) is 5.69 Å². The first-order chi connectivity index (χ1) is 12.0. The highest BCUT2D eigenvalue weighted by Crippen LogP contribution is 2.24. The van der Waals surface area contributed by atoms with Crippen LogP contribution in [0.25, 0.3) is 5.69 Å². The van der Waals surface area contributed by atoms with E-state index >= 15 is 0 Å². The molecule has 0 radical (unpaired) electrons. The highest BCUT2D eigenvalue weighted by atomic mass is 35.5. The maximum atomic E-state index is 13.1. The summed E-state index contributed by atoms with van der Waals surface area (Å²) in [5.41, 5.74) is 2.09. The molecule has 3 rings (SSSR count). The maximum absolute atomic E-state index is 13.1. The fraction of sp³-hybridized carbons (Fsp3) is 0.167. The summed E-state index contributed by atoms with van der Waals surface area (Å²) in [4.78, 5) is 16.9. The van der Waals surface area contributed by atoms with Gasteiger partial charge in [-0.15, -0.1) is 0 Å². The molecule has 0 aliphatic rings. The zero-order valence-electron chi connectivity index (χ0n) is 13.7. The second-order valence-electron chi connectivity index (χ2n) is 5.59. The molecule has 25 heavy (non-hydrogen) atoms. The second kappa shape index (κ2) is 7.03. The molecule has 1 atom stereocenters. The fourth-order valence-electron chi connectivity index (χ4n) is 2.49. The van der Waals surface area contributed by atoms with Crippen LogP contribution >= 0.6 is 11.6 Å². The molecule has 2 aromatic heterocycles. The van der Waals surface area contributed by atoms with Gasteiger partial charge in [0, 0.05) is 6.20 Å². The number of carbonyl (C=O) groups is 1. The molecule has 2 heterocycles. The molecule has 0 saturated heterocycles. The van der Waals surface area contributed by atoms with E-state index in [1.807, 2.05) is 25.1 Å². The van der Waals surface area contributed by atoms with Crippen molar-refractivity contribution < 1.29 is 9.18 Å². The van der Waals surface area contributed by atoms with Gasteiger partial charge in [-0.25, -0.2) is 9.07 Å². The predicted octanol–water partition coefficient (Wildman–Crippen LogP) is 3.86. The van der Waals surface area contributed by atoms with E-state index in [4.69, 9.17) is 11.6 Å². The number of benzene rings is 1. The molecule has 7 heteroatoms. The van der Waals surface area contributed by atoms with Crippen molar-refractivity contribution in [1.29, 1.82) is 0 Å². The molecule has 0 aliphatic heterocycles. The van der Waals surface area contributed by atoms with Gasteiger partial charge >= 0.3 is 0 Å². The number of hydrogen-bond acceptors (Lipinski definition) is 3. The minimum Gasteiger partial charge on any atom is -0.344 e. The van der Waals surface area contributed by atoms with Crippen LogP contribution in [-0.4, -0.2) is 20.7 Å². The molecule has 1 amide bonds. The molecule has 0 spiro atoms. The summed E-state index contributed by atoms with van der Waals surface area (Å²) in [7, 11) is 0. The minimum absolute atomic E-state index is 0.176. The van der Waals surface area contributed by atoms with Crippen molar-refractivity contribution in [3.05, 3.63) is 76.6 Å². The molecule has 1 N–H and O–H groups in total. The largest absolute Gasteiger partial charge is 0.344 e. The Morgan fingerprint density at radius 2 is 1.96 bits per heavy atom. The number of nitrogens with one attached hydrogen (secondary N) is 1. The van der Waals surface area contributed by atoms with Crippen LogP contribution in [-0.2, 0) is 0 Å². The van der Waals surface area contributed by atoms with Crippen LogP contribution in [0.4, 0.5) is 4.39 Å². The van der Waals surface area contributed by atoms with Gasteiger partial charge < -0.3 is 5.32 Å². The Kier molecular flexibility index (Phi) is 4.81. The molecule has 0 fully saturated rings. The van der Waals surface area contributed by atoms with Crippen LogP contribution < -0.4 is 5.32 Å². The molecule has 5 nitrogen and oxygen atoms in total. The lowest BCUT2D eigenvalue weighted by molar-refractivity contribution is 0.0938. The van der Waals surface area contributed by atoms with E-state index in [1.54, 1.807) is 25.3 Å².